The molecule has 4 heteroatoms. The number of carboxylic acid groups (broad SMARTS) is 1. The van der Waals surface area contributed by atoms with Crippen molar-refractivity contribution < 1.29 is 9.90 Å². The molecule has 0 amide bonds. The standard InChI is InChI=1S/C13H18N2O2/c1-13(2,3)10(12(16)17)9-6-14-11(15-7-9)8-4-5-8/h6-8,10H,4-5H2,1-3H3,(H,16,17)/t10-/m0/s1. The summed E-state index contributed by atoms with van der Waals surface area (Å²) in [5, 5.41) is 9.30. The minimum absolute atomic E-state index is 0.337. The van der Waals surface area contributed by atoms with Crippen LogP contribution in [0.2, 0.25) is 0 Å². The highest BCUT2D eigenvalue weighted by Crippen LogP contribution is 2.39. The predicted molar refractivity (Wildman–Crippen MR) is 63.8 cm³/mol. The zero-order valence-electron chi connectivity index (χ0n) is 10.5. The molecule has 0 aliphatic heterocycles. The van der Waals surface area contributed by atoms with Gasteiger partial charge in [0, 0.05) is 23.9 Å². The quantitative estimate of drug-likeness (QED) is 0.873. The van der Waals surface area contributed by atoms with Gasteiger partial charge in [0.05, 0.1) is 5.92 Å². The first-order valence-corrected chi connectivity index (χ1v) is 5.94. The van der Waals surface area contributed by atoms with Crippen molar-refractivity contribution in [3.63, 3.8) is 0 Å². The first-order valence-electron chi connectivity index (χ1n) is 5.94. The van der Waals surface area contributed by atoms with Gasteiger partial charge in [-0.2, -0.15) is 0 Å². The van der Waals surface area contributed by atoms with E-state index in [-0.39, 0.29) is 5.41 Å². The van der Waals surface area contributed by atoms with Crippen molar-refractivity contribution in [1.29, 1.82) is 0 Å². The molecule has 1 saturated carbocycles. The lowest BCUT2D eigenvalue weighted by Crippen LogP contribution is -2.26. The van der Waals surface area contributed by atoms with Crippen LogP contribution in [-0.4, -0.2) is 21.0 Å². The van der Waals surface area contributed by atoms with Crippen LogP contribution in [0.15, 0.2) is 12.4 Å². The number of aromatic nitrogens is 2. The number of nitrogens with zero attached hydrogens (tertiary/aromatic N) is 2. The van der Waals surface area contributed by atoms with Crippen LogP contribution in [0, 0.1) is 5.41 Å². The van der Waals surface area contributed by atoms with Crippen LogP contribution in [0.4, 0.5) is 0 Å². The van der Waals surface area contributed by atoms with Gasteiger partial charge in [0.15, 0.2) is 0 Å². The molecule has 0 bridgehead atoms. The van der Waals surface area contributed by atoms with E-state index in [0.717, 1.165) is 18.7 Å². The van der Waals surface area contributed by atoms with Gasteiger partial charge in [0.25, 0.3) is 0 Å². The number of rotatable bonds is 3. The van der Waals surface area contributed by atoms with E-state index < -0.39 is 11.9 Å². The second-order valence-electron chi connectivity index (χ2n) is 5.79. The summed E-state index contributed by atoms with van der Waals surface area (Å²) in [5.74, 6) is -0.0233. The van der Waals surface area contributed by atoms with Gasteiger partial charge in [-0.05, 0) is 18.3 Å². The molecular formula is C13H18N2O2. The predicted octanol–water partition coefficient (Wildman–Crippen LogP) is 2.57. The number of carbonyl (C=O) groups is 1. The smallest absolute Gasteiger partial charge is 0.311 e. The van der Waals surface area contributed by atoms with E-state index in [2.05, 4.69) is 9.97 Å². The maximum absolute atomic E-state index is 11.3. The van der Waals surface area contributed by atoms with Crippen LogP contribution < -0.4 is 0 Å². The molecule has 1 fully saturated rings. The summed E-state index contributed by atoms with van der Waals surface area (Å²) < 4.78 is 0. The van der Waals surface area contributed by atoms with Gasteiger partial charge in [-0.1, -0.05) is 20.8 Å². The average Bonchev–Trinajstić information content (AvgIpc) is 2.99. The highest BCUT2D eigenvalue weighted by Gasteiger charge is 2.34. The van der Waals surface area contributed by atoms with Gasteiger partial charge in [0.1, 0.15) is 5.82 Å². The van der Waals surface area contributed by atoms with Crippen molar-refractivity contribution in [1.82, 2.24) is 9.97 Å². The first-order chi connectivity index (χ1) is 7.89. The number of carboxylic acids is 1. The van der Waals surface area contributed by atoms with E-state index in [0.29, 0.717) is 11.5 Å². The van der Waals surface area contributed by atoms with Crippen LogP contribution >= 0.6 is 0 Å². The van der Waals surface area contributed by atoms with Crippen LogP contribution in [0.1, 0.15) is 56.8 Å². The topological polar surface area (TPSA) is 63.1 Å². The summed E-state index contributed by atoms with van der Waals surface area (Å²) in [4.78, 5) is 19.9. The fraction of sp³-hybridized carbons (Fsp3) is 0.615. The lowest BCUT2D eigenvalue weighted by atomic mass is 9.77. The molecule has 1 aliphatic rings. The van der Waals surface area contributed by atoms with Crippen molar-refractivity contribution in [2.75, 3.05) is 0 Å². The molecule has 2 rings (SSSR count). The zero-order valence-corrected chi connectivity index (χ0v) is 10.5. The van der Waals surface area contributed by atoms with E-state index in [1.165, 1.54) is 0 Å². The molecule has 0 saturated heterocycles. The molecule has 1 atom stereocenters. The second kappa shape index (κ2) is 4.09. The fourth-order valence-electron chi connectivity index (χ4n) is 2.06. The van der Waals surface area contributed by atoms with Crippen molar-refractivity contribution in [3.05, 3.63) is 23.8 Å². The highest BCUT2D eigenvalue weighted by molar-refractivity contribution is 5.76. The Bertz CT molecular complexity index is 416. The van der Waals surface area contributed by atoms with Crippen LogP contribution in [0.25, 0.3) is 0 Å². The molecule has 92 valence electrons. The molecule has 1 N–H and O–H groups in total. The molecule has 1 heterocycles. The molecule has 0 unspecified atom stereocenters. The first kappa shape index (κ1) is 12.0. The largest absolute Gasteiger partial charge is 0.481 e. The van der Waals surface area contributed by atoms with Crippen LogP contribution in [0.3, 0.4) is 0 Å². The van der Waals surface area contributed by atoms with E-state index >= 15 is 0 Å². The van der Waals surface area contributed by atoms with Crippen LogP contribution in [0.5, 0.6) is 0 Å². The molecule has 0 spiro atoms. The average molecular weight is 234 g/mol. The van der Waals surface area contributed by atoms with Crippen molar-refractivity contribution in [2.45, 2.75) is 45.4 Å². The lowest BCUT2D eigenvalue weighted by molar-refractivity contribution is -0.141. The Morgan fingerprint density at radius 3 is 2.24 bits per heavy atom. The monoisotopic (exact) mass is 234 g/mol. The SMILES string of the molecule is CC(C)(C)[C@H](C(=O)O)c1cnc(C2CC2)nc1. The Morgan fingerprint density at radius 2 is 1.88 bits per heavy atom. The zero-order chi connectivity index (χ0) is 12.6. The molecule has 1 aliphatic carbocycles. The minimum Gasteiger partial charge on any atom is -0.481 e. The number of hydrogen-bond acceptors (Lipinski definition) is 3. The second-order valence-corrected chi connectivity index (χ2v) is 5.79. The minimum atomic E-state index is -0.819. The van der Waals surface area contributed by atoms with E-state index in [4.69, 9.17) is 0 Å². The summed E-state index contributed by atoms with van der Waals surface area (Å²) in [6.07, 6.45) is 5.65. The Hall–Kier alpha value is -1.45. The maximum Gasteiger partial charge on any atom is 0.311 e. The summed E-state index contributed by atoms with van der Waals surface area (Å²) in [7, 11) is 0. The number of aliphatic carboxylic acids is 1. The molecular weight excluding hydrogens is 216 g/mol. The molecule has 4 nitrogen and oxygen atoms in total. The van der Waals surface area contributed by atoms with E-state index in [1.54, 1.807) is 12.4 Å². The van der Waals surface area contributed by atoms with Crippen molar-refractivity contribution >= 4 is 5.97 Å². The third-order valence-corrected chi connectivity index (χ3v) is 3.08. The van der Waals surface area contributed by atoms with Crippen molar-refractivity contribution in [3.8, 4) is 0 Å². The Balaban J connectivity index is 2.27. The van der Waals surface area contributed by atoms with Gasteiger partial charge in [-0.25, -0.2) is 9.97 Å². The highest BCUT2D eigenvalue weighted by atomic mass is 16.4. The van der Waals surface area contributed by atoms with Gasteiger partial charge >= 0.3 is 5.97 Å². The molecule has 17 heavy (non-hydrogen) atoms. The third kappa shape index (κ3) is 2.62. The van der Waals surface area contributed by atoms with Crippen molar-refractivity contribution in [2.24, 2.45) is 5.41 Å². The summed E-state index contributed by atoms with van der Waals surface area (Å²) in [6, 6.07) is 0. The summed E-state index contributed by atoms with van der Waals surface area (Å²) in [5.41, 5.74) is 0.352. The molecule has 1 aromatic rings. The number of hydrogen-bond donors (Lipinski definition) is 1. The van der Waals surface area contributed by atoms with Gasteiger partial charge in [-0.15, -0.1) is 0 Å². The van der Waals surface area contributed by atoms with Crippen LogP contribution in [-0.2, 0) is 4.79 Å². The maximum atomic E-state index is 11.3. The Labute approximate surface area is 101 Å². The fourth-order valence-corrected chi connectivity index (χ4v) is 2.06. The van der Waals surface area contributed by atoms with Gasteiger partial charge in [-0.3, -0.25) is 4.79 Å². The molecule has 0 radical (unpaired) electrons. The van der Waals surface area contributed by atoms with Gasteiger partial charge < -0.3 is 5.11 Å². The molecule has 0 aromatic carbocycles. The lowest BCUT2D eigenvalue weighted by Gasteiger charge is -2.26. The Morgan fingerprint density at radius 1 is 1.35 bits per heavy atom. The summed E-state index contributed by atoms with van der Waals surface area (Å²) in [6.45, 7) is 5.75. The van der Waals surface area contributed by atoms with E-state index in [9.17, 15) is 9.90 Å². The summed E-state index contributed by atoms with van der Waals surface area (Å²) >= 11 is 0. The Kier molecular flexibility index (Phi) is 2.89. The normalized spacial score (nSPS) is 17.8. The molecule has 1 aromatic heterocycles. The van der Waals surface area contributed by atoms with Gasteiger partial charge in [0.2, 0.25) is 0 Å². The third-order valence-electron chi connectivity index (χ3n) is 3.08. The van der Waals surface area contributed by atoms with E-state index in [1.807, 2.05) is 20.8 Å².